The monoisotopic (exact) mass is 357 g/mol. The Balaban J connectivity index is 2.14. The summed E-state index contributed by atoms with van der Waals surface area (Å²) in [4.78, 5) is 12.0. The molecular weight excluding hydrogens is 347 g/mol. The molecule has 1 atom stereocenters. The largest absolute Gasteiger partial charge is 0.346 e. The molecule has 0 aliphatic rings. The highest BCUT2D eigenvalue weighted by atomic mass is 79.9. The average Bonchev–Trinajstić information content (AvgIpc) is 2.44. The van der Waals surface area contributed by atoms with Crippen molar-refractivity contribution in [3.05, 3.63) is 69.4 Å². The van der Waals surface area contributed by atoms with Gasteiger partial charge in [-0.1, -0.05) is 6.07 Å². The molecule has 2 nitrogen and oxygen atoms in total. The van der Waals surface area contributed by atoms with Gasteiger partial charge in [0.2, 0.25) is 0 Å². The van der Waals surface area contributed by atoms with Gasteiger partial charge in [-0.3, -0.25) is 4.79 Å². The van der Waals surface area contributed by atoms with Crippen LogP contribution < -0.4 is 5.32 Å². The Kier molecular flexibility index (Phi) is 4.67. The minimum absolute atomic E-state index is 0.177. The first-order valence-corrected chi connectivity index (χ1v) is 6.88. The zero-order valence-corrected chi connectivity index (χ0v) is 12.5. The van der Waals surface area contributed by atoms with Crippen LogP contribution in [0.3, 0.4) is 0 Å². The minimum Gasteiger partial charge on any atom is -0.346 e. The van der Waals surface area contributed by atoms with Crippen LogP contribution in [0.4, 0.5) is 13.2 Å². The van der Waals surface area contributed by atoms with E-state index in [1.54, 1.807) is 6.92 Å². The van der Waals surface area contributed by atoms with E-state index in [0.29, 0.717) is 5.56 Å². The van der Waals surface area contributed by atoms with Crippen molar-refractivity contribution >= 4 is 21.8 Å². The van der Waals surface area contributed by atoms with E-state index < -0.39 is 29.4 Å². The van der Waals surface area contributed by atoms with Crippen LogP contribution in [-0.4, -0.2) is 5.91 Å². The first-order valence-electron chi connectivity index (χ1n) is 6.09. The van der Waals surface area contributed by atoms with Crippen LogP contribution in [0.2, 0.25) is 0 Å². The van der Waals surface area contributed by atoms with E-state index in [2.05, 4.69) is 21.2 Å². The van der Waals surface area contributed by atoms with Crippen LogP contribution in [0.25, 0.3) is 0 Å². The van der Waals surface area contributed by atoms with Gasteiger partial charge < -0.3 is 5.32 Å². The first-order chi connectivity index (χ1) is 9.88. The summed E-state index contributed by atoms with van der Waals surface area (Å²) in [6.45, 7) is 1.64. The highest BCUT2D eigenvalue weighted by molar-refractivity contribution is 9.10. The van der Waals surface area contributed by atoms with Gasteiger partial charge in [0, 0.05) is 5.56 Å². The molecule has 2 rings (SSSR count). The second-order valence-electron chi connectivity index (χ2n) is 4.50. The van der Waals surface area contributed by atoms with Crippen molar-refractivity contribution in [1.82, 2.24) is 5.32 Å². The van der Waals surface area contributed by atoms with Crippen LogP contribution in [0.15, 0.2) is 40.9 Å². The highest BCUT2D eigenvalue weighted by Gasteiger charge is 2.14. The summed E-state index contributed by atoms with van der Waals surface area (Å²) in [6, 6.07) is 6.76. The number of benzene rings is 2. The molecule has 0 spiro atoms. The Hall–Kier alpha value is -1.82. The summed E-state index contributed by atoms with van der Waals surface area (Å²) < 4.78 is 39.3. The summed E-state index contributed by atoms with van der Waals surface area (Å²) in [5.41, 5.74) is 0.695. The van der Waals surface area contributed by atoms with Gasteiger partial charge in [0.1, 0.15) is 5.82 Å². The summed E-state index contributed by atoms with van der Waals surface area (Å²) in [6.07, 6.45) is 0. The van der Waals surface area contributed by atoms with Gasteiger partial charge in [-0.05, 0) is 58.7 Å². The molecule has 6 heteroatoms. The van der Waals surface area contributed by atoms with E-state index in [1.807, 2.05) is 0 Å². The fourth-order valence-corrected chi connectivity index (χ4v) is 2.16. The lowest BCUT2D eigenvalue weighted by Crippen LogP contribution is -2.26. The molecule has 1 unspecified atom stereocenters. The molecule has 2 aromatic carbocycles. The third kappa shape index (κ3) is 3.64. The average molecular weight is 358 g/mol. The third-order valence-corrected chi connectivity index (χ3v) is 3.58. The molecular formula is C15H11BrF3NO. The maximum Gasteiger partial charge on any atom is 0.251 e. The zero-order valence-electron chi connectivity index (χ0n) is 11.0. The van der Waals surface area contributed by atoms with Crippen LogP contribution in [-0.2, 0) is 0 Å². The Morgan fingerprint density at radius 1 is 1.05 bits per heavy atom. The zero-order chi connectivity index (χ0) is 15.6. The minimum atomic E-state index is -0.974. The number of carbonyl (C=O) groups excluding carboxylic acids is 1. The third-order valence-electron chi connectivity index (χ3n) is 2.97. The summed E-state index contributed by atoms with van der Waals surface area (Å²) in [7, 11) is 0. The first kappa shape index (κ1) is 15.6. The summed E-state index contributed by atoms with van der Waals surface area (Å²) in [5.74, 6) is -2.83. The summed E-state index contributed by atoms with van der Waals surface area (Å²) in [5, 5.41) is 2.63. The Morgan fingerprint density at radius 3 is 2.33 bits per heavy atom. The van der Waals surface area contributed by atoms with Crippen LogP contribution in [0.1, 0.15) is 28.9 Å². The number of carbonyl (C=O) groups is 1. The van der Waals surface area contributed by atoms with Gasteiger partial charge in [0.05, 0.1) is 10.5 Å². The molecule has 0 radical (unpaired) electrons. The predicted molar refractivity (Wildman–Crippen MR) is 76.3 cm³/mol. The van der Waals surface area contributed by atoms with Crippen molar-refractivity contribution < 1.29 is 18.0 Å². The number of halogens is 4. The molecule has 0 saturated heterocycles. The van der Waals surface area contributed by atoms with Crippen molar-refractivity contribution in [3.8, 4) is 0 Å². The Labute approximate surface area is 128 Å². The number of rotatable bonds is 3. The molecule has 0 aromatic heterocycles. The molecule has 0 aliphatic heterocycles. The van der Waals surface area contributed by atoms with E-state index in [-0.39, 0.29) is 10.0 Å². The molecule has 0 saturated carbocycles. The van der Waals surface area contributed by atoms with Crippen LogP contribution in [0.5, 0.6) is 0 Å². The van der Waals surface area contributed by atoms with Crippen molar-refractivity contribution in [2.75, 3.05) is 0 Å². The summed E-state index contributed by atoms with van der Waals surface area (Å²) >= 11 is 3.00. The highest BCUT2D eigenvalue weighted by Crippen LogP contribution is 2.19. The van der Waals surface area contributed by atoms with Gasteiger partial charge >= 0.3 is 0 Å². The Morgan fingerprint density at radius 2 is 1.71 bits per heavy atom. The number of amides is 1. The molecule has 0 heterocycles. The quantitative estimate of drug-likeness (QED) is 0.868. The molecule has 0 aliphatic carbocycles. The fraction of sp³-hybridized carbons (Fsp3) is 0.133. The van der Waals surface area contributed by atoms with E-state index in [1.165, 1.54) is 24.3 Å². The van der Waals surface area contributed by atoms with E-state index >= 15 is 0 Å². The molecule has 0 bridgehead atoms. The maximum absolute atomic E-state index is 13.2. The van der Waals surface area contributed by atoms with Crippen molar-refractivity contribution in [1.29, 1.82) is 0 Å². The van der Waals surface area contributed by atoms with Crippen molar-refractivity contribution in [2.45, 2.75) is 13.0 Å². The van der Waals surface area contributed by atoms with E-state index in [9.17, 15) is 18.0 Å². The van der Waals surface area contributed by atoms with Gasteiger partial charge in [0.25, 0.3) is 5.91 Å². The fourth-order valence-electron chi connectivity index (χ4n) is 1.78. The lowest BCUT2D eigenvalue weighted by atomic mass is 10.1. The SMILES string of the molecule is CC(NC(=O)c1ccc(F)c(Br)c1)c1ccc(F)c(F)c1. The topological polar surface area (TPSA) is 29.1 Å². The standard InChI is InChI=1S/C15H11BrF3NO/c1-8(9-2-5-13(18)14(19)7-9)20-15(21)10-3-4-12(17)11(16)6-10/h2-8H,1H3,(H,20,21). The predicted octanol–water partition coefficient (Wildman–Crippen LogP) is 4.36. The second-order valence-corrected chi connectivity index (χ2v) is 5.35. The normalized spacial score (nSPS) is 12.0. The van der Waals surface area contributed by atoms with Gasteiger partial charge in [-0.25, -0.2) is 13.2 Å². The second kappa shape index (κ2) is 6.30. The van der Waals surface area contributed by atoms with Crippen LogP contribution >= 0.6 is 15.9 Å². The molecule has 110 valence electrons. The van der Waals surface area contributed by atoms with Gasteiger partial charge in [-0.15, -0.1) is 0 Å². The number of hydrogen-bond acceptors (Lipinski definition) is 1. The maximum atomic E-state index is 13.2. The number of hydrogen-bond donors (Lipinski definition) is 1. The molecule has 1 N–H and O–H groups in total. The van der Waals surface area contributed by atoms with E-state index in [0.717, 1.165) is 12.1 Å². The van der Waals surface area contributed by atoms with Crippen molar-refractivity contribution in [2.24, 2.45) is 0 Å². The van der Waals surface area contributed by atoms with E-state index in [4.69, 9.17) is 0 Å². The van der Waals surface area contributed by atoms with Gasteiger partial charge in [0.15, 0.2) is 11.6 Å². The van der Waals surface area contributed by atoms with Crippen LogP contribution in [0, 0.1) is 17.5 Å². The molecule has 1 amide bonds. The molecule has 0 fully saturated rings. The molecule has 2 aromatic rings. The Bertz CT molecular complexity index is 691. The molecule has 21 heavy (non-hydrogen) atoms. The number of nitrogens with one attached hydrogen (secondary N) is 1. The smallest absolute Gasteiger partial charge is 0.251 e. The van der Waals surface area contributed by atoms with Gasteiger partial charge in [-0.2, -0.15) is 0 Å². The lowest BCUT2D eigenvalue weighted by Gasteiger charge is -2.15. The lowest BCUT2D eigenvalue weighted by molar-refractivity contribution is 0.0939. The van der Waals surface area contributed by atoms with Crippen molar-refractivity contribution in [3.63, 3.8) is 0 Å².